The van der Waals surface area contributed by atoms with Crippen molar-refractivity contribution in [3.8, 4) is 0 Å². The van der Waals surface area contributed by atoms with Crippen molar-refractivity contribution in [1.29, 1.82) is 0 Å². The molecule has 4 aliphatic rings. The summed E-state index contributed by atoms with van der Waals surface area (Å²) in [7, 11) is 0. The minimum Gasteiger partial charge on any atom is -0.354 e. The van der Waals surface area contributed by atoms with Crippen LogP contribution < -0.4 is 11.1 Å². The van der Waals surface area contributed by atoms with Gasteiger partial charge in [-0.05, 0) is 68.3 Å². The Bertz CT molecular complexity index is 593. The largest absolute Gasteiger partial charge is 0.354 e. The second-order valence-electron chi connectivity index (χ2n) is 8.43. The third-order valence-corrected chi connectivity index (χ3v) is 6.64. The van der Waals surface area contributed by atoms with E-state index in [1.165, 1.54) is 30.4 Å². The standard InChI is InChI=1S/C20H28N2O/c1-14-2-4-17(5-3-14)19-9-15-8-16(10-19)12-20(11-15,13-19)18(23)22-7-6-21/h2-5,15-16H,6-13,21H2,1H3,(H,22,23). The summed E-state index contributed by atoms with van der Waals surface area (Å²) in [5.41, 5.74) is 8.46. The maximum absolute atomic E-state index is 12.9. The van der Waals surface area contributed by atoms with Crippen LogP contribution in [0.2, 0.25) is 0 Å². The summed E-state index contributed by atoms with van der Waals surface area (Å²) < 4.78 is 0. The molecule has 1 aromatic rings. The topological polar surface area (TPSA) is 55.1 Å². The van der Waals surface area contributed by atoms with Gasteiger partial charge in [-0.25, -0.2) is 0 Å². The van der Waals surface area contributed by atoms with Gasteiger partial charge in [-0.15, -0.1) is 0 Å². The molecule has 124 valence electrons. The number of carbonyl (C=O) groups is 1. The van der Waals surface area contributed by atoms with Gasteiger partial charge in [0.2, 0.25) is 5.91 Å². The van der Waals surface area contributed by atoms with E-state index in [1.54, 1.807) is 0 Å². The molecule has 23 heavy (non-hydrogen) atoms. The lowest BCUT2D eigenvalue weighted by atomic mass is 9.42. The lowest BCUT2D eigenvalue weighted by Gasteiger charge is -2.61. The van der Waals surface area contributed by atoms with Crippen LogP contribution >= 0.6 is 0 Å². The van der Waals surface area contributed by atoms with Crippen molar-refractivity contribution in [2.75, 3.05) is 13.1 Å². The fraction of sp³-hybridized carbons (Fsp3) is 0.650. The van der Waals surface area contributed by atoms with Crippen molar-refractivity contribution in [1.82, 2.24) is 5.32 Å². The van der Waals surface area contributed by atoms with Gasteiger partial charge in [0.15, 0.2) is 0 Å². The Balaban J connectivity index is 1.68. The molecule has 5 rings (SSSR count). The molecule has 0 saturated heterocycles. The smallest absolute Gasteiger partial charge is 0.226 e. The molecule has 0 radical (unpaired) electrons. The minimum absolute atomic E-state index is 0.135. The summed E-state index contributed by atoms with van der Waals surface area (Å²) in [6.07, 6.45) is 7.10. The lowest BCUT2D eigenvalue weighted by molar-refractivity contribution is -0.149. The molecule has 4 fully saturated rings. The first-order chi connectivity index (χ1) is 11.1. The Labute approximate surface area is 139 Å². The van der Waals surface area contributed by atoms with Crippen molar-refractivity contribution >= 4 is 5.91 Å². The molecule has 0 aromatic heterocycles. The monoisotopic (exact) mass is 312 g/mol. The highest BCUT2D eigenvalue weighted by molar-refractivity contribution is 5.83. The van der Waals surface area contributed by atoms with E-state index in [0.717, 1.165) is 31.1 Å². The van der Waals surface area contributed by atoms with E-state index >= 15 is 0 Å². The first-order valence-corrected chi connectivity index (χ1v) is 9.11. The van der Waals surface area contributed by atoms with E-state index in [-0.39, 0.29) is 16.7 Å². The predicted molar refractivity (Wildman–Crippen MR) is 92.0 cm³/mol. The fourth-order valence-corrected chi connectivity index (χ4v) is 6.15. The molecule has 0 spiro atoms. The maximum Gasteiger partial charge on any atom is 0.226 e. The highest BCUT2D eigenvalue weighted by Crippen LogP contribution is 2.65. The van der Waals surface area contributed by atoms with Crippen molar-refractivity contribution in [2.24, 2.45) is 23.0 Å². The molecular weight excluding hydrogens is 284 g/mol. The Morgan fingerprint density at radius 3 is 2.43 bits per heavy atom. The zero-order chi connectivity index (χ0) is 16.1. The lowest BCUT2D eigenvalue weighted by Crippen LogP contribution is -2.59. The van der Waals surface area contributed by atoms with Crippen LogP contribution in [-0.2, 0) is 10.2 Å². The van der Waals surface area contributed by atoms with Gasteiger partial charge in [0.05, 0.1) is 5.41 Å². The van der Waals surface area contributed by atoms with Crippen LogP contribution in [0.25, 0.3) is 0 Å². The van der Waals surface area contributed by atoms with Crippen LogP contribution in [-0.4, -0.2) is 19.0 Å². The van der Waals surface area contributed by atoms with E-state index in [4.69, 9.17) is 5.73 Å². The second-order valence-corrected chi connectivity index (χ2v) is 8.43. The van der Waals surface area contributed by atoms with Crippen molar-refractivity contribution in [2.45, 2.75) is 50.9 Å². The summed E-state index contributed by atoms with van der Waals surface area (Å²) >= 11 is 0. The van der Waals surface area contributed by atoms with E-state index in [1.807, 2.05) is 0 Å². The van der Waals surface area contributed by atoms with Gasteiger partial charge in [-0.1, -0.05) is 29.8 Å². The predicted octanol–water partition coefficient (Wildman–Crippen LogP) is 2.91. The molecule has 1 aromatic carbocycles. The molecule has 2 atom stereocenters. The van der Waals surface area contributed by atoms with Crippen molar-refractivity contribution in [3.63, 3.8) is 0 Å². The van der Waals surface area contributed by atoms with Gasteiger partial charge in [0.1, 0.15) is 0 Å². The molecule has 0 aliphatic heterocycles. The van der Waals surface area contributed by atoms with E-state index < -0.39 is 0 Å². The zero-order valence-electron chi connectivity index (χ0n) is 14.1. The number of benzene rings is 1. The first kappa shape index (κ1) is 15.2. The van der Waals surface area contributed by atoms with E-state index in [2.05, 4.69) is 36.5 Å². The van der Waals surface area contributed by atoms with Gasteiger partial charge in [0.25, 0.3) is 0 Å². The van der Waals surface area contributed by atoms with E-state index in [9.17, 15) is 4.79 Å². The molecule has 4 bridgehead atoms. The number of carbonyl (C=O) groups excluding carboxylic acids is 1. The van der Waals surface area contributed by atoms with Crippen LogP contribution in [0.5, 0.6) is 0 Å². The van der Waals surface area contributed by atoms with Gasteiger partial charge >= 0.3 is 0 Å². The molecule has 3 N–H and O–H groups in total. The molecular formula is C20H28N2O. The van der Waals surface area contributed by atoms with Crippen LogP contribution in [0.3, 0.4) is 0 Å². The molecule has 4 saturated carbocycles. The second kappa shape index (κ2) is 5.34. The summed E-state index contributed by atoms with van der Waals surface area (Å²) in [5, 5.41) is 3.10. The van der Waals surface area contributed by atoms with Gasteiger partial charge < -0.3 is 11.1 Å². The summed E-state index contributed by atoms with van der Waals surface area (Å²) in [6.45, 7) is 3.27. The summed E-state index contributed by atoms with van der Waals surface area (Å²) in [4.78, 5) is 12.9. The van der Waals surface area contributed by atoms with Crippen LogP contribution in [0.1, 0.15) is 49.7 Å². The zero-order valence-corrected chi connectivity index (χ0v) is 14.1. The average molecular weight is 312 g/mol. The van der Waals surface area contributed by atoms with Crippen molar-refractivity contribution in [3.05, 3.63) is 35.4 Å². The van der Waals surface area contributed by atoms with E-state index in [0.29, 0.717) is 13.1 Å². The Hall–Kier alpha value is -1.35. The summed E-state index contributed by atoms with van der Waals surface area (Å²) in [6, 6.07) is 9.09. The molecule has 3 nitrogen and oxygen atoms in total. The van der Waals surface area contributed by atoms with Gasteiger partial charge in [-0.2, -0.15) is 0 Å². The minimum atomic E-state index is -0.135. The molecule has 4 aliphatic carbocycles. The number of nitrogens with two attached hydrogens (primary N) is 1. The third-order valence-electron chi connectivity index (χ3n) is 6.64. The SMILES string of the molecule is Cc1ccc(C23CC4CC(CC(C(=O)NCCN)(C4)C2)C3)cc1. The van der Waals surface area contributed by atoms with Crippen LogP contribution in [0.4, 0.5) is 0 Å². The van der Waals surface area contributed by atoms with Gasteiger partial charge in [-0.3, -0.25) is 4.79 Å². The fourth-order valence-electron chi connectivity index (χ4n) is 6.15. The van der Waals surface area contributed by atoms with Crippen molar-refractivity contribution < 1.29 is 4.79 Å². The Morgan fingerprint density at radius 1 is 1.17 bits per heavy atom. The number of rotatable bonds is 4. The highest BCUT2D eigenvalue weighted by atomic mass is 16.2. The van der Waals surface area contributed by atoms with Crippen LogP contribution in [0, 0.1) is 24.2 Å². The number of hydrogen-bond donors (Lipinski definition) is 2. The number of amides is 1. The average Bonchev–Trinajstić information content (AvgIpc) is 2.51. The molecule has 2 unspecified atom stereocenters. The number of hydrogen-bond acceptors (Lipinski definition) is 2. The Morgan fingerprint density at radius 2 is 1.83 bits per heavy atom. The maximum atomic E-state index is 12.9. The van der Waals surface area contributed by atoms with Gasteiger partial charge in [0, 0.05) is 13.1 Å². The molecule has 1 amide bonds. The first-order valence-electron chi connectivity index (χ1n) is 9.11. The number of aryl methyl sites for hydroxylation is 1. The quantitative estimate of drug-likeness (QED) is 0.898. The molecule has 0 heterocycles. The van der Waals surface area contributed by atoms with Crippen LogP contribution in [0.15, 0.2) is 24.3 Å². The molecule has 3 heteroatoms. The summed E-state index contributed by atoms with van der Waals surface area (Å²) in [5.74, 6) is 1.72. The number of nitrogens with one attached hydrogen (secondary N) is 1. The highest BCUT2D eigenvalue weighted by Gasteiger charge is 2.60. The Kier molecular flexibility index (Phi) is 3.53. The normalized spacial score (nSPS) is 37.8. The third kappa shape index (κ3) is 2.40.